The van der Waals surface area contributed by atoms with Crippen molar-refractivity contribution in [2.75, 3.05) is 6.61 Å². The number of alkyl halides is 3. The first kappa shape index (κ1) is 16.2. The molecule has 1 rings (SSSR count). The molecule has 0 bridgehead atoms. The SMILES string of the molecule is CCOC(=O)Cc1ncc(F)c(CN)c1OC(F)(F)F. The molecule has 2 N–H and O–H groups in total. The van der Waals surface area contributed by atoms with Crippen LogP contribution in [0.5, 0.6) is 5.75 Å². The first-order valence-corrected chi connectivity index (χ1v) is 5.56. The van der Waals surface area contributed by atoms with Gasteiger partial charge in [0.05, 0.1) is 24.9 Å². The van der Waals surface area contributed by atoms with Gasteiger partial charge in [0, 0.05) is 12.1 Å². The van der Waals surface area contributed by atoms with Crippen molar-refractivity contribution in [3.8, 4) is 5.75 Å². The first-order chi connectivity index (χ1) is 9.28. The molecule has 0 amide bonds. The lowest BCUT2D eigenvalue weighted by molar-refractivity contribution is -0.275. The van der Waals surface area contributed by atoms with Crippen LogP contribution in [0.3, 0.4) is 0 Å². The minimum absolute atomic E-state index is 0.0548. The third-order valence-corrected chi connectivity index (χ3v) is 2.20. The van der Waals surface area contributed by atoms with Gasteiger partial charge in [-0.2, -0.15) is 0 Å². The van der Waals surface area contributed by atoms with Gasteiger partial charge >= 0.3 is 12.3 Å². The van der Waals surface area contributed by atoms with Crippen molar-refractivity contribution in [1.82, 2.24) is 4.98 Å². The van der Waals surface area contributed by atoms with Crippen LogP contribution in [0.4, 0.5) is 17.6 Å². The van der Waals surface area contributed by atoms with E-state index in [1.165, 1.54) is 6.92 Å². The molecule has 1 heterocycles. The van der Waals surface area contributed by atoms with Crippen LogP contribution in [0, 0.1) is 5.82 Å². The van der Waals surface area contributed by atoms with E-state index >= 15 is 0 Å². The molecule has 0 saturated carbocycles. The molecule has 0 aliphatic carbocycles. The third-order valence-electron chi connectivity index (χ3n) is 2.20. The van der Waals surface area contributed by atoms with Crippen molar-refractivity contribution in [2.45, 2.75) is 26.3 Å². The van der Waals surface area contributed by atoms with E-state index in [4.69, 9.17) is 5.73 Å². The van der Waals surface area contributed by atoms with Crippen LogP contribution in [-0.2, 0) is 22.5 Å². The average molecular weight is 296 g/mol. The van der Waals surface area contributed by atoms with Gasteiger partial charge in [-0.3, -0.25) is 9.78 Å². The van der Waals surface area contributed by atoms with Gasteiger partial charge in [0.2, 0.25) is 0 Å². The molecule has 0 aliphatic rings. The highest BCUT2D eigenvalue weighted by Crippen LogP contribution is 2.30. The van der Waals surface area contributed by atoms with Crippen LogP contribution in [0.25, 0.3) is 0 Å². The highest BCUT2D eigenvalue weighted by atomic mass is 19.4. The number of rotatable bonds is 5. The van der Waals surface area contributed by atoms with Gasteiger partial charge in [0.15, 0.2) is 5.75 Å². The molecule has 20 heavy (non-hydrogen) atoms. The fourth-order valence-electron chi connectivity index (χ4n) is 1.45. The van der Waals surface area contributed by atoms with E-state index in [0.717, 1.165) is 0 Å². The zero-order valence-electron chi connectivity index (χ0n) is 10.5. The van der Waals surface area contributed by atoms with E-state index in [1.54, 1.807) is 0 Å². The van der Waals surface area contributed by atoms with Gasteiger partial charge in [-0.15, -0.1) is 13.2 Å². The molecule has 0 unspecified atom stereocenters. The average Bonchev–Trinajstić information content (AvgIpc) is 2.31. The van der Waals surface area contributed by atoms with E-state index in [-0.39, 0.29) is 12.3 Å². The zero-order valence-corrected chi connectivity index (χ0v) is 10.5. The second-order valence-corrected chi connectivity index (χ2v) is 3.59. The summed E-state index contributed by atoms with van der Waals surface area (Å²) in [7, 11) is 0. The maximum atomic E-state index is 13.4. The van der Waals surface area contributed by atoms with Crippen LogP contribution < -0.4 is 10.5 Å². The number of nitrogens with two attached hydrogens (primary N) is 1. The second kappa shape index (κ2) is 6.51. The molecule has 0 aromatic carbocycles. The Kier molecular flexibility index (Phi) is 5.26. The van der Waals surface area contributed by atoms with Crippen molar-refractivity contribution >= 4 is 5.97 Å². The van der Waals surface area contributed by atoms with Gasteiger partial charge in [0.25, 0.3) is 0 Å². The topological polar surface area (TPSA) is 74.4 Å². The number of aromatic nitrogens is 1. The van der Waals surface area contributed by atoms with Crippen molar-refractivity contribution in [2.24, 2.45) is 5.73 Å². The monoisotopic (exact) mass is 296 g/mol. The molecule has 0 spiro atoms. The number of hydrogen-bond acceptors (Lipinski definition) is 5. The summed E-state index contributed by atoms with van der Waals surface area (Å²) < 4.78 is 58.7. The summed E-state index contributed by atoms with van der Waals surface area (Å²) in [6.07, 6.45) is -4.95. The summed E-state index contributed by atoms with van der Waals surface area (Å²) >= 11 is 0. The number of carbonyl (C=O) groups is 1. The fraction of sp³-hybridized carbons (Fsp3) is 0.455. The Morgan fingerprint density at radius 1 is 1.45 bits per heavy atom. The fourth-order valence-corrected chi connectivity index (χ4v) is 1.45. The maximum Gasteiger partial charge on any atom is 0.573 e. The molecule has 112 valence electrons. The Bertz CT molecular complexity index is 491. The lowest BCUT2D eigenvalue weighted by Crippen LogP contribution is -2.22. The largest absolute Gasteiger partial charge is 0.573 e. The second-order valence-electron chi connectivity index (χ2n) is 3.59. The summed E-state index contributed by atoms with van der Waals surface area (Å²) in [6.45, 7) is 1.06. The van der Waals surface area contributed by atoms with E-state index < -0.39 is 42.4 Å². The van der Waals surface area contributed by atoms with Crippen LogP contribution in [0.1, 0.15) is 18.2 Å². The van der Waals surface area contributed by atoms with Crippen molar-refractivity contribution in [1.29, 1.82) is 0 Å². The highest BCUT2D eigenvalue weighted by Gasteiger charge is 2.34. The zero-order chi connectivity index (χ0) is 15.3. The summed E-state index contributed by atoms with van der Waals surface area (Å²) in [4.78, 5) is 14.7. The Morgan fingerprint density at radius 2 is 2.10 bits per heavy atom. The van der Waals surface area contributed by atoms with Gasteiger partial charge < -0.3 is 15.2 Å². The summed E-state index contributed by atoms with van der Waals surface area (Å²) in [5, 5.41) is 0. The molecule has 0 atom stereocenters. The third kappa shape index (κ3) is 4.34. The molecule has 9 heteroatoms. The number of halogens is 4. The van der Waals surface area contributed by atoms with Gasteiger partial charge in [-0.1, -0.05) is 0 Å². The minimum atomic E-state index is -5.05. The number of ether oxygens (including phenoxy) is 2. The molecule has 0 radical (unpaired) electrons. The smallest absolute Gasteiger partial charge is 0.466 e. The van der Waals surface area contributed by atoms with Gasteiger partial charge in [-0.05, 0) is 6.92 Å². The molecule has 0 saturated heterocycles. The highest BCUT2D eigenvalue weighted by molar-refractivity contribution is 5.73. The van der Waals surface area contributed by atoms with E-state index in [1.807, 2.05) is 0 Å². The number of carbonyl (C=O) groups excluding carboxylic acids is 1. The Hall–Kier alpha value is -1.90. The van der Waals surface area contributed by atoms with Crippen LogP contribution in [-0.4, -0.2) is 23.9 Å². The van der Waals surface area contributed by atoms with Crippen LogP contribution in [0.2, 0.25) is 0 Å². The minimum Gasteiger partial charge on any atom is -0.466 e. The molecular weight excluding hydrogens is 284 g/mol. The lowest BCUT2D eigenvalue weighted by atomic mass is 10.1. The summed E-state index contributed by atoms with van der Waals surface area (Å²) in [6, 6.07) is 0. The van der Waals surface area contributed by atoms with E-state index in [9.17, 15) is 22.4 Å². The molecular formula is C11H12F4N2O3. The Balaban J connectivity index is 3.18. The Labute approximate surface area is 111 Å². The van der Waals surface area contributed by atoms with Crippen molar-refractivity contribution in [3.63, 3.8) is 0 Å². The van der Waals surface area contributed by atoms with Crippen LogP contribution >= 0.6 is 0 Å². The van der Waals surface area contributed by atoms with E-state index in [0.29, 0.717) is 6.20 Å². The number of nitrogens with zero attached hydrogens (tertiary/aromatic N) is 1. The molecule has 0 fully saturated rings. The lowest BCUT2D eigenvalue weighted by Gasteiger charge is -2.16. The van der Waals surface area contributed by atoms with Crippen LogP contribution in [0.15, 0.2) is 6.20 Å². The Morgan fingerprint density at radius 3 is 2.60 bits per heavy atom. The number of hydrogen-bond donors (Lipinski definition) is 1. The predicted octanol–water partition coefficient (Wildman–Crippen LogP) is 1.68. The number of esters is 1. The summed E-state index contributed by atoms with van der Waals surface area (Å²) in [5.74, 6) is -2.74. The summed E-state index contributed by atoms with van der Waals surface area (Å²) in [5.41, 5.74) is 4.31. The normalized spacial score (nSPS) is 11.3. The van der Waals surface area contributed by atoms with Crippen molar-refractivity contribution < 1.29 is 31.8 Å². The van der Waals surface area contributed by atoms with E-state index in [2.05, 4.69) is 14.5 Å². The van der Waals surface area contributed by atoms with Gasteiger partial charge in [-0.25, -0.2) is 4.39 Å². The molecule has 1 aromatic heterocycles. The first-order valence-electron chi connectivity index (χ1n) is 5.56. The molecule has 5 nitrogen and oxygen atoms in total. The maximum absolute atomic E-state index is 13.4. The van der Waals surface area contributed by atoms with Crippen molar-refractivity contribution in [3.05, 3.63) is 23.3 Å². The molecule has 1 aromatic rings. The predicted molar refractivity (Wildman–Crippen MR) is 59.1 cm³/mol. The molecule has 0 aliphatic heterocycles. The van der Waals surface area contributed by atoms with Gasteiger partial charge in [0.1, 0.15) is 5.82 Å². The number of pyridine rings is 1. The quantitative estimate of drug-likeness (QED) is 0.661. The standard InChI is InChI=1S/C11H12F4N2O3/c1-2-19-9(18)3-8-10(20-11(13,14)15)6(4-16)7(12)5-17-8/h5H,2-4,16H2,1H3.